The number of benzene rings is 1. The molecule has 3 aromatic rings. The van der Waals surface area contributed by atoms with Crippen LogP contribution in [0.2, 0.25) is 5.02 Å². The van der Waals surface area contributed by atoms with E-state index >= 15 is 0 Å². The average molecular weight is 777 g/mol. The number of aliphatic imine (C=N–C) groups is 1. The predicted octanol–water partition coefficient (Wildman–Crippen LogP) is 1.97. The number of guanidine groups is 1. The number of esters is 1. The molecular weight excluding hydrogens is 738 g/mol. The highest BCUT2D eigenvalue weighted by molar-refractivity contribution is 6.35. The summed E-state index contributed by atoms with van der Waals surface area (Å²) >= 11 is 6.71. The molecule has 2 aromatic heterocycles. The van der Waals surface area contributed by atoms with Crippen LogP contribution in [0.25, 0.3) is 5.65 Å². The number of amides is 1. The number of anilines is 3. The van der Waals surface area contributed by atoms with Crippen molar-refractivity contribution in [2.75, 3.05) is 43.9 Å². The number of nitrogens with zero attached hydrogens (tertiary/aromatic N) is 7. The normalized spacial score (nSPS) is 15.3. The van der Waals surface area contributed by atoms with E-state index in [-0.39, 0.29) is 102 Å². The van der Waals surface area contributed by atoms with Gasteiger partial charge in [0.1, 0.15) is 17.1 Å². The second-order valence-electron chi connectivity index (χ2n) is 10.3. The third-order valence-electron chi connectivity index (χ3n) is 7.06. The number of hydrogen-bond acceptors (Lipinski definition) is 14. The van der Waals surface area contributed by atoms with Gasteiger partial charge < -0.3 is 42.2 Å². The minimum Gasteiger partial charge on any atom is -0.453 e. The van der Waals surface area contributed by atoms with Gasteiger partial charge in [0.25, 0.3) is 0 Å². The lowest BCUT2D eigenvalue weighted by Gasteiger charge is -2.35. The van der Waals surface area contributed by atoms with Crippen molar-refractivity contribution in [1.29, 1.82) is 10.5 Å². The number of aromatic nitrogens is 4. The number of fused-ring (bicyclic) bond motifs is 1. The molecule has 1 amide bonds. The third kappa shape index (κ3) is 11.2. The Morgan fingerprint density at radius 3 is 2.64 bits per heavy atom. The lowest BCUT2D eigenvalue weighted by Crippen LogP contribution is -2.61. The number of carbonyl (C=O) groups excluding carboxylic acids is 2. The topological polar surface area (TPSA) is 268 Å². The Bertz CT molecular complexity index is 1720. The van der Waals surface area contributed by atoms with Gasteiger partial charge in [-0.05, 0) is 38.8 Å². The van der Waals surface area contributed by atoms with Gasteiger partial charge in [0, 0.05) is 37.8 Å². The van der Waals surface area contributed by atoms with Gasteiger partial charge in [0.2, 0.25) is 5.95 Å². The zero-order chi connectivity index (χ0) is 33.9. The van der Waals surface area contributed by atoms with Crippen LogP contribution in [0, 0.1) is 22.7 Å². The fraction of sp³-hybridized carbons (Fsp3) is 0.429. The Hall–Kier alpha value is -4.56. The highest BCUT2D eigenvalue weighted by Gasteiger charge is 2.32. The predicted molar refractivity (Wildman–Crippen MR) is 194 cm³/mol. The number of piperidine rings is 1. The first kappa shape index (κ1) is 43.5. The van der Waals surface area contributed by atoms with E-state index in [0.29, 0.717) is 43.9 Å². The molecule has 3 unspecified atom stereocenters. The summed E-state index contributed by atoms with van der Waals surface area (Å²) in [6.07, 6.45) is 2.06. The Labute approximate surface area is 311 Å². The van der Waals surface area contributed by atoms with E-state index in [1.165, 1.54) is 30.0 Å². The summed E-state index contributed by atoms with van der Waals surface area (Å²) in [5.74, 6) is -0.463. The molecule has 0 aliphatic carbocycles. The number of halogens is 4. The van der Waals surface area contributed by atoms with Crippen LogP contribution in [0.15, 0.2) is 23.3 Å². The van der Waals surface area contributed by atoms with Crippen molar-refractivity contribution in [2.45, 2.75) is 44.3 Å². The highest BCUT2D eigenvalue weighted by atomic mass is 35.5. The maximum Gasteiger partial charge on any atom is 0.407 e. The second-order valence-corrected chi connectivity index (χ2v) is 10.7. The summed E-state index contributed by atoms with van der Waals surface area (Å²) in [7, 11) is 1.28. The fourth-order valence-corrected chi connectivity index (χ4v) is 5.07. The number of imidazole rings is 1. The summed E-state index contributed by atoms with van der Waals surface area (Å²) < 4.78 is 11.9. The molecule has 3 atom stereocenters. The van der Waals surface area contributed by atoms with Crippen molar-refractivity contribution in [3.8, 4) is 17.9 Å². The van der Waals surface area contributed by atoms with Gasteiger partial charge in [0.05, 0.1) is 30.6 Å². The van der Waals surface area contributed by atoms with Gasteiger partial charge in [-0.1, -0.05) is 11.6 Å². The smallest absolute Gasteiger partial charge is 0.407 e. The standard InChI is InChI=1S/C28H35ClN14O4.3ClH/c1-3-35-23-24-37-13-16(12-31)43(24)42-27(41-23)39-19-9-15(11-30)10-21(22(19)29)47-25(44)18(5-4-7-36-26(32)33)38-20-14-34-8-6-17(20)40-28(45)46-2;;;/h9-10,13,17-18,20,34,38H,3-8,14H2,1-2H3,(H,40,45)(H4,32,33,36)(H2,35,39,41,42);3*1H. The average Bonchev–Trinajstić information content (AvgIpc) is 3.48. The lowest BCUT2D eigenvalue weighted by atomic mass is 9.99. The van der Waals surface area contributed by atoms with Gasteiger partial charge in [-0.2, -0.15) is 20.0 Å². The molecule has 0 radical (unpaired) electrons. The number of ether oxygens (including phenoxy) is 2. The third-order valence-corrected chi connectivity index (χ3v) is 7.45. The molecule has 1 aromatic carbocycles. The molecule has 1 saturated heterocycles. The van der Waals surface area contributed by atoms with Crippen molar-refractivity contribution < 1.29 is 19.1 Å². The van der Waals surface area contributed by atoms with Crippen LogP contribution in [0.5, 0.6) is 5.75 Å². The van der Waals surface area contributed by atoms with Crippen molar-refractivity contribution in [2.24, 2.45) is 16.5 Å². The number of carbonyl (C=O) groups is 2. The summed E-state index contributed by atoms with van der Waals surface area (Å²) in [5, 5.41) is 39.0. The number of nitrogens with two attached hydrogens (primary N) is 2. The molecule has 4 rings (SSSR count). The van der Waals surface area contributed by atoms with E-state index in [9.17, 15) is 20.1 Å². The summed E-state index contributed by atoms with van der Waals surface area (Å²) in [4.78, 5) is 38.3. The first-order chi connectivity index (χ1) is 22.7. The molecule has 0 bridgehead atoms. The Morgan fingerprint density at radius 1 is 1.22 bits per heavy atom. The summed E-state index contributed by atoms with van der Waals surface area (Å²) in [6, 6.07) is 5.26. The van der Waals surface area contributed by atoms with Crippen LogP contribution < -0.4 is 42.8 Å². The van der Waals surface area contributed by atoms with E-state index in [0.717, 1.165) is 0 Å². The largest absolute Gasteiger partial charge is 0.453 e. The fourth-order valence-electron chi connectivity index (χ4n) is 4.87. The van der Waals surface area contributed by atoms with Crippen LogP contribution >= 0.6 is 48.8 Å². The number of nitriles is 2. The molecule has 50 heavy (non-hydrogen) atoms. The van der Waals surface area contributed by atoms with E-state index < -0.39 is 18.1 Å². The molecule has 18 nitrogen and oxygen atoms in total. The number of hydrogen-bond donors (Lipinski definition) is 7. The number of alkyl carbamates (subject to hydrolysis) is 1. The molecule has 9 N–H and O–H groups in total. The minimum absolute atomic E-state index is 0. The van der Waals surface area contributed by atoms with Crippen LogP contribution in [0.1, 0.15) is 37.4 Å². The lowest BCUT2D eigenvalue weighted by molar-refractivity contribution is -0.137. The molecule has 1 aliphatic rings. The van der Waals surface area contributed by atoms with Crippen molar-refractivity contribution in [3.63, 3.8) is 0 Å². The summed E-state index contributed by atoms with van der Waals surface area (Å²) in [5.41, 5.74) is 11.7. The van der Waals surface area contributed by atoms with Crippen molar-refractivity contribution in [1.82, 2.24) is 35.5 Å². The number of methoxy groups -OCH3 is 1. The quantitative estimate of drug-likeness (QED) is 0.0430. The molecule has 3 heterocycles. The Balaban J connectivity index is 0.00000417. The monoisotopic (exact) mass is 774 g/mol. The van der Waals surface area contributed by atoms with Crippen molar-refractivity contribution >= 4 is 89.9 Å². The van der Waals surface area contributed by atoms with Gasteiger partial charge in [-0.3, -0.25) is 10.3 Å². The SMILES string of the molecule is CCNc1nc(Nc2cc(C#N)cc(OC(=O)C(CCCN=C(N)N)NC3CNCCC3NC(=O)OC)c2Cl)nn2c(C#N)cnc12.Cl.Cl.Cl. The minimum atomic E-state index is -0.881. The zero-order valence-corrected chi connectivity index (χ0v) is 30.1. The molecular formula is C28H38Cl4N14O4. The van der Waals surface area contributed by atoms with Crippen LogP contribution in [0.3, 0.4) is 0 Å². The molecule has 1 aliphatic heterocycles. The molecule has 1 fully saturated rings. The number of rotatable bonds is 13. The second kappa shape index (κ2) is 20.8. The van der Waals surface area contributed by atoms with E-state index in [4.69, 9.17) is 32.5 Å². The van der Waals surface area contributed by atoms with Crippen LogP contribution in [-0.4, -0.2) is 89.0 Å². The molecule has 0 saturated carbocycles. The highest BCUT2D eigenvalue weighted by Crippen LogP contribution is 2.36. The number of nitrogens with one attached hydrogen (secondary N) is 5. The van der Waals surface area contributed by atoms with Gasteiger partial charge in [-0.15, -0.1) is 42.3 Å². The molecule has 22 heteroatoms. The van der Waals surface area contributed by atoms with Gasteiger partial charge in [0.15, 0.2) is 28.9 Å². The first-order valence-electron chi connectivity index (χ1n) is 14.7. The van der Waals surface area contributed by atoms with Gasteiger partial charge in [-0.25, -0.2) is 14.6 Å². The summed E-state index contributed by atoms with van der Waals surface area (Å²) in [6.45, 7) is 3.77. The zero-order valence-electron chi connectivity index (χ0n) is 26.9. The first-order valence-corrected chi connectivity index (χ1v) is 15.0. The Kier molecular flexibility index (Phi) is 18.1. The maximum atomic E-state index is 13.7. The van der Waals surface area contributed by atoms with E-state index in [1.807, 2.05) is 19.1 Å². The van der Waals surface area contributed by atoms with Gasteiger partial charge >= 0.3 is 12.1 Å². The molecule has 272 valence electrons. The maximum absolute atomic E-state index is 13.7. The molecule has 0 spiro atoms. The van der Waals surface area contributed by atoms with Crippen LogP contribution in [0.4, 0.5) is 22.2 Å². The van der Waals surface area contributed by atoms with E-state index in [2.05, 4.69) is 46.6 Å². The Morgan fingerprint density at radius 2 is 1.98 bits per heavy atom. The van der Waals surface area contributed by atoms with Crippen LogP contribution in [-0.2, 0) is 9.53 Å². The van der Waals surface area contributed by atoms with E-state index in [1.54, 1.807) is 0 Å². The van der Waals surface area contributed by atoms with Crippen molar-refractivity contribution in [3.05, 3.63) is 34.6 Å².